The molecule has 2 aromatic carbocycles. The van der Waals surface area contributed by atoms with E-state index in [0.29, 0.717) is 17.4 Å². The summed E-state index contributed by atoms with van der Waals surface area (Å²) in [7, 11) is 1.49. The Balaban J connectivity index is 1.96. The number of nitrogens with one attached hydrogen (secondary N) is 1. The molecule has 1 atom stereocenters. The van der Waals surface area contributed by atoms with Crippen LogP contribution in [0.1, 0.15) is 18.5 Å². The van der Waals surface area contributed by atoms with E-state index in [-0.39, 0.29) is 11.5 Å². The van der Waals surface area contributed by atoms with Gasteiger partial charge in [-0.2, -0.15) is 0 Å². The maximum absolute atomic E-state index is 13.4. The van der Waals surface area contributed by atoms with E-state index in [4.69, 9.17) is 9.47 Å². The quantitative estimate of drug-likeness (QED) is 0.850. The second kappa shape index (κ2) is 7.63. The smallest absolute Gasteiger partial charge is 0.258 e. The summed E-state index contributed by atoms with van der Waals surface area (Å²) in [5.41, 5.74) is 0.468. The number of ether oxygens (including phenoxy) is 2. The number of carbonyl (C=O) groups is 1. The molecule has 0 aliphatic heterocycles. The lowest BCUT2D eigenvalue weighted by Gasteiger charge is -2.17. The lowest BCUT2D eigenvalue weighted by atomic mass is 10.1. The third kappa shape index (κ3) is 4.34. The van der Waals surface area contributed by atoms with Gasteiger partial charge in [-0.05, 0) is 37.3 Å². The van der Waals surface area contributed by atoms with Crippen molar-refractivity contribution >= 4 is 5.91 Å². The second-order valence-electron chi connectivity index (χ2n) is 5.08. The summed E-state index contributed by atoms with van der Waals surface area (Å²) >= 11 is 0. The molecule has 0 bridgehead atoms. The first kappa shape index (κ1) is 17.5. The number of amides is 1. The molecule has 0 radical (unpaired) electrons. The highest BCUT2D eigenvalue weighted by molar-refractivity contribution is 5.78. The summed E-state index contributed by atoms with van der Waals surface area (Å²) in [6.07, 6.45) is 0. The van der Waals surface area contributed by atoms with E-state index in [0.717, 1.165) is 12.1 Å². The maximum atomic E-state index is 13.4. The van der Waals surface area contributed by atoms with Crippen molar-refractivity contribution in [2.24, 2.45) is 0 Å². The van der Waals surface area contributed by atoms with Gasteiger partial charge >= 0.3 is 0 Å². The number of phenols is 1. The monoisotopic (exact) mass is 337 g/mol. The fourth-order valence-corrected chi connectivity index (χ4v) is 2.10. The van der Waals surface area contributed by atoms with Gasteiger partial charge in [0.15, 0.2) is 18.2 Å². The van der Waals surface area contributed by atoms with Gasteiger partial charge in [-0.1, -0.05) is 0 Å². The Bertz CT molecular complexity index is 737. The zero-order valence-electron chi connectivity index (χ0n) is 13.2. The predicted molar refractivity (Wildman–Crippen MR) is 83.1 cm³/mol. The van der Waals surface area contributed by atoms with E-state index >= 15 is 0 Å². The van der Waals surface area contributed by atoms with Crippen LogP contribution < -0.4 is 14.8 Å². The predicted octanol–water partition coefficient (Wildman–Crippen LogP) is 2.94. The molecule has 24 heavy (non-hydrogen) atoms. The average molecular weight is 337 g/mol. The minimum atomic E-state index is -0.888. The van der Waals surface area contributed by atoms with Crippen LogP contribution in [0.3, 0.4) is 0 Å². The molecule has 2 rings (SSSR count). The lowest BCUT2D eigenvalue weighted by Crippen LogP contribution is -2.31. The summed E-state index contributed by atoms with van der Waals surface area (Å²) in [6.45, 7) is 1.22. The van der Waals surface area contributed by atoms with E-state index in [2.05, 4.69) is 5.32 Å². The summed E-state index contributed by atoms with van der Waals surface area (Å²) < 4.78 is 36.3. The van der Waals surface area contributed by atoms with Gasteiger partial charge in [-0.25, -0.2) is 8.78 Å². The minimum Gasteiger partial charge on any atom is -0.508 e. The van der Waals surface area contributed by atoms with Gasteiger partial charge in [-0.3, -0.25) is 4.79 Å². The Labute approximate surface area is 137 Å². The van der Waals surface area contributed by atoms with Crippen molar-refractivity contribution in [2.75, 3.05) is 13.7 Å². The van der Waals surface area contributed by atoms with Crippen LogP contribution in [0, 0.1) is 11.6 Å². The molecule has 7 heteroatoms. The van der Waals surface area contributed by atoms with E-state index < -0.39 is 30.2 Å². The molecule has 1 amide bonds. The van der Waals surface area contributed by atoms with E-state index in [1.807, 2.05) is 0 Å². The molecule has 2 N–H and O–H groups in total. The van der Waals surface area contributed by atoms with Crippen LogP contribution >= 0.6 is 0 Å². The van der Waals surface area contributed by atoms with Crippen LogP contribution in [-0.2, 0) is 4.79 Å². The summed E-state index contributed by atoms with van der Waals surface area (Å²) in [5, 5.41) is 12.5. The number of halogens is 2. The van der Waals surface area contributed by atoms with Gasteiger partial charge in [-0.15, -0.1) is 0 Å². The number of hydrogen-bond acceptors (Lipinski definition) is 4. The topological polar surface area (TPSA) is 67.8 Å². The second-order valence-corrected chi connectivity index (χ2v) is 5.08. The third-order valence-electron chi connectivity index (χ3n) is 3.33. The molecule has 0 spiro atoms. The molecule has 0 saturated heterocycles. The number of rotatable bonds is 6. The van der Waals surface area contributed by atoms with Crippen LogP contribution in [0.2, 0.25) is 0 Å². The van der Waals surface area contributed by atoms with Crippen molar-refractivity contribution in [3.8, 4) is 17.2 Å². The molecular weight excluding hydrogens is 320 g/mol. The Kier molecular flexibility index (Phi) is 5.57. The summed E-state index contributed by atoms with van der Waals surface area (Å²) in [5.74, 6) is -1.81. The van der Waals surface area contributed by atoms with Crippen molar-refractivity contribution in [2.45, 2.75) is 13.0 Å². The van der Waals surface area contributed by atoms with E-state index in [1.165, 1.54) is 13.2 Å². The lowest BCUT2D eigenvalue weighted by molar-refractivity contribution is -0.123. The van der Waals surface area contributed by atoms with E-state index in [9.17, 15) is 18.7 Å². The van der Waals surface area contributed by atoms with Crippen LogP contribution in [0.4, 0.5) is 8.78 Å². The zero-order valence-corrected chi connectivity index (χ0v) is 13.2. The Morgan fingerprint density at radius 2 is 2.00 bits per heavy atom. The molecule has 128 valence electrons. The molecule has 0 saturated carbocycles. The SMILES string of the molecule is COc1ccc(O)c([C@H](C)NC(=O)COc2ccc(F)cc2F)c1. The Morgan fingerprint density at radius 3 is 2.67 bits per heavy atom. The highest BCUT2D eigenvalue weighted by Crippen LogP contribution is 2.28. The Morgan fingerprint density at radius 1 is 1.25 bits per heavy atom. The van der Waals surface area contributed by atoms with Crippen LogP contribution in [0.5, 0.6) is 17.2 Å². The average Bonchev–Trinajstić information content (AvgIpc) is 2.54. The number of phenolic OH excluding ortho intramolecular Hbond substituents is 1. The molecule has 5 nitrogen and oxygen atoms in total. The highest BCUT2D eigenvalue weighted by Gasteiger charge is 2.15. The summed E-state index contributed by atoms with van der Waals surface area (Å²) in [4.78, 5) is 11.9. The molecule has 0 heterocycles. The fourth-order valence-electron chi connectivity index (χ4n) is 2.10. The number of methoxy groups -OCH3 is 1. The fraction of sp³-hybridized carbons (Fsp3) is 0.235. The van der Waals surface area contributed by atoms with Crippen molar-refractivity contribution in [1.29, 1.82) is 0 Å². The molecular formula is C17H17F2NO4. The van der Waals surface area contributed by atoms with Gasteiger partial charge in [0.05, 0.1) is 13.2 Å². The largest absolute Gasteiger partial charge is 0.508 e. The van der Waals surface area contributed by atoms with Gasteiger partial charge in [0.1, 0.15) is 17.3 Å². The first-order chi connectivity index (χ1) is 11.4. The standard InChI is InChI=1S/C17H17F2NO4/c1-10(13-8-12(23-2)4-5-15(13)21)20-17(22)9-24-16-6-3-11(18)7-14(16)19/h3-8,10,21H,9H2,1-2H3,(H,20,22)/t10-/m0/s1. The van der Waals surface area contributed by atoms with Crippen LogP contribution in [0.15, 0.2) is 36.4 Å². The van der Waals surface area contributed by atoms with Crippen molar-refractivity contribution in [3.05, 3.63) is 53.6 Å². The summed E-state index contributed by atoms with van der Waals surface area (Å²) in [6, 6.07) is 6.94. The maximum Gasteiger partial charge on any atom is 0.258 e. The van der Waals surface area contributed by atoms with Crippen molar-refractivity contribution in [3.63, 3.8) is 0 Å². The molecule has 0 aromatic heterocycles. The number of aromatic hydroxyl groups is 1. The molecule has 0 aliphatic carbocycles. The molecule has 0 fully saturated rings. The third-order valence-corrected chi connectivity index (χ3v) is 3.33. The first-order valence-corrected chi connectivity index (χ1v) is 7.15. The van der Waals surface area contributed by atoms with Crippen LogP contribution in [0.25, 0.3) is 0 Å². The Hall–Kier alpha value is -2.83. The minimum absolute atomic E-state index is 0.00842. The molecule has 0 aliphatic rings. The number of carbonyl (C=O) groups excluding carboxylic acids is 1. The van der Waals surface area contributed by atoms with Gasteiger partial charge in [0, 0.05) is 11.6 Å². The number of benzene rings is 2. The normalized spacial score (nSPS) is 11.7. The highest BCUT2D eigenvalue weighted by atomic mass is 19.1. The van der Waals surface area contributed by atoms with Crippen molar-refractivity contribution < 1.29 is 28.2 Å². The zero-order chi connectivity index (χ0) is 17.7. The van der Waals surface area contributed by atoms with Crippen LogP contribution in [-0.4, -0.2) is 24.7 Å². The van der Waals surface area contributed by atoms with Gasteiger partial charge in [0.25, 0.3) is 5.91 Å². The molecule has 0 unspecified atom stereocenters. The van der Waals surface area contributed by atoms with Crippen molar-refractivity contribution in [1.82, 2.24) is 5.32 Å². The molecule has 2 aromatic rings. The first-order valence-electron chi connectivity index (χ1n) is 7.15. The number of hydrogen-bond donors (Lipinski definition) is 2. The van der Waals surface area contributed by atoms with E-state index in [1.54, 1.807) is 19.1 Å². The van der Waals surface area contributed by atoms with Gasteiger partial charge in [0.2, 0.25) is 0 Å². The van der Waals surface area contributed by atoms with Gasteiger partial charge < -0.3 is 19.9 Å².